The number of rotatable bonds is 2. The molecular weight excluding hydrogens is 152 g/mol. The van der Waals surface area contributed by atoms with Gasteiger partial charge in [-0.3, -0.25) is 4.79 Å². The highest BCUT2D eigenvalue weighted by molar-refractivity contribution is 7.13. The van der Waals surface area contributed by atoms with Gasteiger partial charge in [0.05, 0.1) is 5.69 Å². The Morgan fingerprint density at radius 3 is 3.00 bits per heavy atom. The molecular formula is C5H5N2O2S. The fourth-order valence-corrected chi connectivity index (χ4v) is 1.07. The SMILES string of the molecule is Nc1nc(C(O)[C]=O)cs1. The maximum Gasteiger partial charge on any atom is 0.236 e. The summed E-state index contributed by atoms with van der Waals surface area (Å²) in [6, 6.07) is 0. The number of nitrogen functional groups attached to an aromatic ring is 1. The monoisotopic (exact) mass is 157 g/mol. The normalized spacial score (nSPS) is 12.9. The molecule has 0 aliphatic carbocycles. The van der Waals surface area contributed by atoms with Gasteiger partial charge in [0.25, 0.3) is 0 Å². The highest BCUT2D eigenvalue weighted by Gasteiger charge is 2.09. The van der Waals surface area contributed by atoms with Crippen molar-refractivity contribution in [1.29, 1.82) is 0 Å². The van der Waals surface area contributed by atoms with Gasteiger partial charge in [-0.1, -0.05) is 0 Å². The largest absolute Gasteiger partial charge is 0.378 e. The molecule has 0 saturated heterocycles. The van der Waals surface area contributed by atoms with Gasteiger partial charge in [0.15, 0.2) is 11.2 Å². The number of aromatic nitrogens is 1. The molecule has 0 aliphatic heterocycles. The third-order valence-electron chi connectivity index (χ3n) is 0.931. The van der Waals surface area contributed by atoms with Crippen LogP contribution in [0.15, 0.2) is 5.38 Å². The van der Waals surface area contributed by atoms with E-state index in [0.717, 1.165) is 0 Å². The lowest BCUT2D eigenvalue weighted by Gasteiger charge is -1.92. The van der Waals surface area contributed by atoms with E-state index in [2.05, 4.69) is 4.98 Å². The van der Waals surface area contributed by atoms with E-state index >= 15 is 0 Å². The molecule has 4 nitrogen and oxygen atoms in total. The van der Waals surface area contributed by atoms with Crippen molar-refractivity contribution in [1.82, 2.24) is 4.98 Å². The molecule has 1 aromatic rings. The zero-order valence-corrected chi connectivity index (χ0v) is 5.76. The Morgan fingerprint density at radius 1 is 1.90 bits per heavy atom. The highest BCUT2D eigenvalue weighted by Crippen LogP contribution is 2.15. The third-order valence-corrected chi connectivity index (χ3v) is 1.62. The number of nitrogens with zero attached hydrogens (tertiary/aromatic N) is 1. The number of thiazole rings is 1. The third kappa shape index (κ3) is 1.31. The molecule has 0 fully saturated rings. The van der Waals surface area contributed by atoms with E-state index < -0.39 is 6.10 Å². The van der Waals surface area contributed by atoms with Crippen molar-refractivity contribution >= 4 is 22.8 Å². The van der Waals surface area contributed by atoms with E-state index in [-0.39, 0.29) is 5.69 Å². The van der Waals surface area contributed by atoms with E-state index in [9.17, 15) is 4.79 Å². The number of hydrogen-bond donors (Lipinski definition) is 2. The van der Waals surface area contributed by atoms with Crippen LogP contribution in [0.25, 0.3) is 0 Å². The number of aliphatic hydroxyl groups is 1. The minimum absolute atomic E-state index is 0.262. The molecule has 3 N–H and O–H groups in total. The molecule has 1 radical (unpaired) electrons. The molecule has 1 rings (SSSR count). The Kier molecular flexibility index (Phi) is 1.98. The molecule has 5 heteroatoms. The molecule has 0 aromatic carbocycles. The molecule has 0 aliphatic rings. The van der Waals surface area contributed by atoms with Gasteiger partial charge in [0, 0.05) is 5.38 Å². The Balaban J connectivity index is 2.84. The lowest BCUT2D eigenvalue weighted by Crippen LogP contribution is -1.98. The summed E-state index contributed by atoms with van der Waals surface area (Å²) in [6.45, 7) is 0. The molecule has 0 spiro atoms. The van der Waals surface area contributed by atoms with Gasteiger partial charge in [0.1, 0.15) is 0 Å². The molecule has 0 amide bonds. The van der Waals surface area contributed by atoms with Gasteiger partial charge in [0.2, 0.25) is 6.29 Å². The van der Waals surface area contributed by atoms with Crippen LogP contribution >= 0.6 is 11.3 Å². The molecule has 53 valence electrons. The van der Waals surface area contributed by atoms with Gasteiger partial charge in [-0.2, -0.15) is 0 Å². The predicted octanol–water partition coefficient (Wildman–Crippen LogP) is -0.132. The molecule has 1 heterocycles. The standard InChI is InChI=1S/C5H5N2O2S/c6-5-7-3(2-10-5)4(9)1-8/h2,4,9H,(H2,6,7). The summed E-state index contributed by atoms with van der Waals surface area (Å²) in [5, 5.41) is 10.7. The number of hydrogen-bond acceptors (Lipinski definition) is 5. The van der Waals surface area contributed by atoms with E-state index in [1.165, 1.54) is 23.0 Å². The maximum atomic E-state index is 9.86. The van der Waals surface area contributed by atoms with Crippen LogP contribution in [0, 0.1) is 0 Å². The lowest BCUT2D eigenvalue weighted by molar-refractivity contribution is 0.236. The second-order valence-corrected chi connectivity index (χ2v) is 2.52. The molecule has 0 bridgehead atoms. The number of carbonyl (C=O) groups excluding carboxylic acids is 1. The van der Waals surface area contributed by atoms with Crippen molar-refractivity contribution < 1.29 is 9.90 Å². The van der Waals surface area contributed by atoms with Crippen LogP contribution in [0.1, 0.15) is 11.8 Å². The number of anilines is 1. The van der Waals surface area contributed by atoms with Crippen molar-refractivity contribution in [3.8, 4) is 0 Å². The molecule has 0 saturated carbocycles. The fourth-order valence-electron chi connectivity index (χ4n) is 0.487. The van der Waals surface area contributed by atoms with E-state index in [1.807, 2.05) is 0 Å². The first-order valence-corrected chi connectivity index (χ1v) is 3.38. The lowest BCUT2D eigenvalue weighted by atomic mass is 10.3. The summed E-state index contributed by atoms with van der Waals surface area (Å²) in [5.74, 6) is 0. The molecule has 10 heavy (non-hydrogen) atoms. The second-order valence-electron chi connectivity index (χ2n) is 1.63. The van der Waals surface area contributed by atoms with E-state index in [0.29, 0.717) is 5.13 Å². The van der Waals surface area contributed by atoms with E-state index in [4.69, 9.17) is 10.8 Å². The Morgan fingerprint density at radius 2 is 2.60 bits per heavy atom. The van der Waals surface area contributed by atoms with Crippen molar-refractivity contribution in [3.05, 3.63) is 11.1 Å². The Labute approximate surface area is 61.3 Å². The quantitative estimate of drug-likeness (QED) is 0.627. The zero-order valence-electron chi connectivity index (χ0n) is 4.94. The Hall–Kier alpha value is -0.940. The van der Waals surface area contributed by atoms with Crippen molar-refractivity contribution in [2.45, 2.75) is 6.10 Å². The topological polar surface area (TPSA) is 76.2 Å². The number of aliphatic hydroxyl groups excluding tert-OH is 1. The van der Waals surface area contributed by atoms with Crippen LogP contribution in [-0.2, 0) is 4.79 Å². The summed E-state index contributed by atoms with van der Waals surface area (Å²) >= 11 is 1.18. The Bertz CT molecular complexity index is 235. The molecule has 1 atom stereocenters. The molecule has 1 unspecified atom stereocenters. The first kappa shape index (κ1) is 7.17. The fraction of sp³-hybridized carbons (Fsp3) is 0.200. The number of nitrogens with two attached hydrogens (primary N) is 1. The predicted molar refractivity (Wildman–Crippen MR) is 37.2 cm³/mol. The molecule has 1 aromatic heterocycles. The summed E-state index contributed by atoms with van der Waals surface area (Å²) in [6.07, 6.45) is 0.133. The average molecular weight is 157 g/mol. The van der Waals surface area contributed by atoms with Gasteiger partial charge >= 0.3 is 0 Å². The summed E-state index contributed by atoms with van der Waals surface area (Å²) in [7, 11) is 0. The highest BCUT2D eigenvalue weighted by atomic mass is 32.1. The van der Waals surface area contributed by atoms with Gasteiger partial charge in [-0.05, 0) is 0 Å². The van der Waals surface area contributed by atoms with Gasteiger partial charge in [-0.15, -0.1) is 11.3 Å². The minimum Gasteiger partial charge on any atom is -0.378 e. The zero-order chi connectivity index (χ0) is 7.56. The maximum absolute atomic E-state index is 9.86. The van der Waals surface area contributed by atoms with Crippen LogP contribution in [0.2, 0.25) is 0 Å². The van der Waals surface area contributed by atoms with E-state index in [1.54, 1.807) is 0 Å². The van der Waals surface area contributed by atoms with Crippen LogP contribution in [0.4, 0.5) is 5.13 Å². The minimum atomic E-state index is -1.26. The van der Waals surface area contributed by atoms with Gasteiger partial charge < -0.3 is 10.8 Å². The second kappa shape index (κ2) is 2.76. The summed E-state index contributed by atoms with van der Waals surface area (Å²) in [4.78, 5) is 13.5. The van der Waals surface area contributed by atoms with Crippen molar-refractivity contribution in [3.63, 3.8) is 0 Å². The summed E-state index contributed by atoms with van der Waals surface area (Å²) < 4.78 is 0. The first-order valence-electron chi connectivity index (χ1n) is 2.50. The van der Waals surface area contributed by atoms with Gasteiger partial charge in [-0.25, -0.2) is 4.98 Å². The smallest absolute Gasteiger partial charge is 0.236 e. The van der Waals surface area contributed by atoms with Crippen LogP contribution in [0.5, 0.6) is 0 Å². The first-order chi connectivity index (χ1) is 4.74. The van der Waals surface area contributed by atoms with Crippen LogP contribution < -0.4 is 5.73 Å². The average Bonchev–Trinajstić information content (AvgIpc) is 2.34. The van der Waals surface area contributed by atoms with Crippen LogP contribution in [-0.4, -0.2) is 16.4 Å². The summed E-state index contributed by atoms with van der Waals surface area (Å²) in [5.41, 5.74) is 5.50. The van der Waals surface area contributed by atoms with Crippen LogP contribution in [0.3, 0.4) is 0 Å². The van der Waals surface area contributed by atoms with Crippen molar-refractivity contribution in [2.75, 3.05) is 5.73 Å². The van der Waals surface area contributed by atoms with Crippen molar-refractivity contribution in [2.24, 2.45) is 0 Å².